The molecule has 0 unspecified atom stereocenters. The highest BCUT2D eigenvalue weighted by molar-refractivity contribution is 6.06. The SMILES string of the molecule is CCN(C(=O)c1cc(C)nc2c1c(C)nn2C)[C@@H](C)C(C)C. The zero-order valence-corrected chi connectivity index (χ0v) is 14.6. The lowest BCUT2D eigenvalue weighted by atomic mass is 10.0. The van der Waals surface area contributed by atoms with E-state index in [-0.39, 0.29) is 11.9 Å². The number of aryl methyl sites for hydroxylation is 3. The summed E-state index contributed by atoms with van der Waals surface area (Å²) in [5.74, 6) is 0.479. The van der Waals surface area contributed by atoms with Crippen molar-refractivity contribution in [3.8, 4) is 0 Å². The molecule has 5 nitrogen and oxygen atoms in total. The van der Waals surface area contributed by atoms with Crippen LogP contribution in [0.4, 0.5) is 0 Å². The summed E-state index contributed by atoms with van der Waals surface area (Å²) in [6.45, 7) is 13.0. The minimum Gasteiger partial charge on any atom is -0.336 e. The highest BCUT2D eigenvalue weighted by Crippen LogP contribution is 2.24. The van der Waals surface area contributed by atoms with Gasteiger partial charge in [0.1, 0.15) is 0 Å². The predicted molar refractivity (Wildman–Crippen MR) is 89.0 cm³/mol. The van der Waals surface area contributed by atoms with Crippen LogP contribution in [0.1, 0.15) is 49.4 Å². The summed E-state index contributed by atoms with van der Waals surface area (Å²) in [6.07, 6.45) is 0. The molecule has 120 valence electrons. The number of aromatic nitrogens is 3. The first-order valence-electron chi connectivity index (χ1n) is 7.89. The fraction of sp³-hybridized carbons (Fsp3) is 0.588. The number of carbonyl (C=O) groups excluding carboxylic acids is 1. The van der Waals surface area contributed by atoms with Crippen LogP contribution in [0.5, 0.6) is 0 Å². The topological polar surface area (TPSA) is 51.0 Å². The Hall–Kier alpha value is -1.91. The van der Waals surface area contributed by atoms with E-state index in [4.69, 9.17) is 0 Å². The Morgan fingerprint density at radius 1 is 1.32 bits per heavy atom. The highest BCUT2D eigenvalue weighted by Gasteiger charge is 2.25. The molecule has 0 spiro atoms. The van der Waals surface area contributed by atoms with Crippen LogP contribution in [0.25, 0.3) is 11.0 Å². The van der Waals surface area contributed by atoms with Crippen molar-refractivity contribution in [2.75, 3.05) is 6.54 Å². The molecule has 0 saturated heterocycles. The Kier molecular flexibility index (Phi) is 4.54. The molecule has 0 saturated carbocycles. The summed E-state index contributed by atoms with van der Waals surface area (Å²) in [4.78, 5) is 19.6. The third-order valence-corrected chi connectivity index (χ3v) is 4.39. The largest absolute Gasteiger partial charge is 0.336 e. The van der Waals surface area contributed by atoms with Gasteiger partial charge < -0.3 is 4.90 Å². The van der Waals surface area contributed by atoms with Crippen molar-refractivity contribution >= 4 is 16.9 Å². The Balaban J connectivity index is 2.60. The zero-order chi connectivity index (χ0) is 16.6. The molecule has 22 heavy (non-hydrogen) atoms. The van der Waals surface area contributed by atoms with Gasteiger partial charge in [0.25, 0.3) is 5.91 Å². The molecule has 2 rings (SSSR count). The van der Waals surface area contributed by atoms with Crippen molar-refractivity contribution in [3.63, 3.8) is 0 Å². The molecule has 0 radical (unpaired) electrons. The van der Waals surface area contributed by atoms with Gasteiger partial charge >= 0.3 is 0 Å². The molecule has 0 bridgehead atoms. The van der Waals surface area contributed by atoms with Crippen LogP contribution in [0.3, 0.4) is 0 Å². The third kappa shape index (κ3) is 2.72. The van der Waals surface area contributed by atoms with E-state index in [1.165, 1.54) is 0 Å². The van der Waals surface area contributed by atoms with Gasteiger partial charge in [-0.3, -0.25) is 9.48 Å². The van der Waals surface area contributed by atoms with E-state index in [9.17, 15) is 4.79 Å². The maximum absolute atomic E-state index is 13.1. The lowest BCUT2D eigenvalue weighted by Gasteiger charge is -2.31. The minimum absolute atomic E-state index is 0.0651. The van der Waals surface area contributed by atoms with Gasteiger partial charge in [-0.2, -0.15) is 5.10 Å². The molecule has 0 N–H and O–H groups in total. The quantitative estimate of drug-likeness (QED) is 0.872. The van der Waals surface area contributed by atoms with Gasteiger partial charge in [0, 0.05) is 25.3 Å². The van der Waals surface area contributed by atoms with Gasteiger partial charge in [0.05, 0.1) is 16.6 Å². The van der Waals surface area contributed by atoms with Crippen LogP contribution < -0.4 is 0 Å². The van der Waals surface area contributed by atoms with Gasteiger partial charge in [0.15, 0.2) is 5.65 Å². The number of fused-ring (bicyclic) bond motifs is 1. The van der Waals surface area contributed by atoms with E-state index in [1.54, 1.807) is 4.68 Å². The normalized spacial score (nSPS) is 12.9. The van der Waals surface area contributed by atoms with E-state index in [2.05, 4.69) is 30.9 Å². The lowest BCUT2D eigenvalue weighted by Crippen LogP contribution is -2.41. The number of amides is 1. The average molecular weight is 302 g/mol. The van der Waals surface area contributed by atoms with Crippen LogP contribution in [-0.2, 0) is 7.05 Å². The molecule has 0 aliphatic carbocycles. The number of hydrogen-bond donors (Lipinski definition) is 0. The molecule has 0 aliphatic rings. The van der Waals surface area contributed by atoms with E-state index in [0.29, 0.717) is 18.0 Å². The zero-order valence-electron chi connectivity index (χ0n) is 14.6. The predicted octanol–water partition coefficient (Wildman–Crippen LogP) is 3.09. The molecule has 0 aliphatic heterocycles. The number of rotatable bonds is 4. The van der Waals surface area contributed by atoms with Crippen LogP contribution in [0.15, 0.2) is 6.07 Å². The van der Waals surface area contributed by atoms with Crippen LogP contribution in [-0.4, -0.2) is 38.2 Å². The molecule has 1 atom stereocenters. The fourth-order valence-corrected chi connectivity index (χ4v) is 2.87. The maximum Gasteiger partial charge on any atom is 0.254 e. The maximum atomic E-state index is 13.1. The van der Waals surface area contributed by atoms with Crippen molar-refractivity contribution < 1.29 is 4.79 Å². The fourth-order valence-electron chi connectivity index (χ4n) is 2.87. The Morgan fingerprint density at radius 2 is 1.95 bits per heavy atom. The van der Waals surface area contributed by atoms with Gasteiger partial charge in [-0.05, 0) is 39.7 Å². The van der Waals surface area contributed by atoms with Gasteiger partial charge in [-0.15, -0.1) is 0 Å². The summed E-state index contributed by atoms with van der Waals surface area (Å²) >= 11 is 0. The van der Waals surface area contributed by atoms with Crippen molar-refractivity contribution in [1.29, 1.82) is 0 Å². The lowest BCUT2D eigenvalue weighted by molar-refractivity contribution is 0.0662. The minimum atomic E-state index is 0.0651. The average Bonchev–Trinajstić information content (AvgIpc) is 2.73. The molecule has 2 aromatic heterocycles. The number of hydrogen-bond acceptors (Lipinski definition) is 3. The van der Waals surface area contributed by atoms with Crippen LogP contribution in [0, 0.1) is 19.8 Å². The molecule has 2 aromatic rings. The first kappa shape index (κ1) is 16.5. The molecule has 0 fully saturated rings. The van der Waals surface area contributed by atoms with E-state index < -0.39 is 0 Å². The summed E-state index contributed by atoms with van der Waals surface area (Å²) in [7, 11) is 1.87. The second-order valence-electron chi connectivity index (χ2n) is 6.29. The van der Waals surface area contributed by atoms with E-state index in [0.717, 1.165) is 22.4 Å². The van der Waals surface area contributed by atoms with Gasteiger partial charge in [-0.25, -0.2) is 4.98 Å². The molecule has 5 heteroatoms. The number of nitrogens with zero attached hydrogens (tertiary/aromatic N) is 4. The first-order chi connectivity index (χ1) is 10.3. The van der Waals surface area contributed by atoms with Crippen LogP contribution in [0.2, 0.25) is 0 Å². The summed E-state index contributed by atoms with van der Waals surface area (Å²) < 4.78 is 1.75. The Bertz CT molecular complexity index is 702. The Morgan fingerprint density at radius 3 is 2.50 bits per heavy atom. The van der Waals surface area contributed by atoms with Gasteiger partial charge in [-0.1, -0.05) is 13.8 Å². The molecule has 1 amide bonds. The smallest absolute Gasteiger partial charge is 0.254 e. The number of pyridine rings is 1. The Labute approximate surface area is 132 Å². The van der Waals surface area contributed by atoms with Crippen LogP contribution >= 0.6 is 0 Å². The van der Waals surface area contributed by atoms with Crippen molar-refractivity contribution in [1.82, 2.24) is 19.7 Å². The summed E-state index contributed by atoms with van der Waals surface area (Å²) in [5, 5.41) is 5.29. The standard InChI is InChI=1S/C17H26N4O/c1-8-21(13(6)10(2)3)17(22)14-9-11(4)18-16-15(14)12(5)19-20(16)7/h9-10,13H,8H2,1-7H3/t13-/m0/s1. The van der Waals surface area contributed by atoms with Crippen molar-refractivity contribution in [2.24, 2.45) is 13.0 Å². The second-order valence-corrected chi connectivity index (χ2v) is 6.29. The molecule has 2 heterocycles. The summed E-state index contributed by atoms with van der Waals surface area (Å²) in [5.41, 5.74) is 3.17. The molecular weight excluding hydrogens is 276 g/mol. The first-order valence-corrected chi connectivity index (χ1v) is 7.89. The number of carbonyl (C=O) groups is 1. The summed E-state index contributed by atoms with van der Waals surface area (Å²) in [6, 6.07) is 2.08. The molecule has 0 aromatic carbocycles. The second kappa shape index (κ2) is 6.07. The van der Waals surface area contributed by atoms with E-state index >= 15 is 0 Å². The van der Waals surface area contributed by atoms with E-state index in [1.807, 2.05) is 38.8 Å². The van der Waals surface area contributed by atoms with Crippen molar-refractivity contribution in [3.05, 3.63) is 23.0 Å². The third-order valence-electron chi connectivity index (χ3n) is 4.39. The highest BCUT2D eigenvalue weighted by atomic mass is 16.2. The van der Waals surface area contributed by atoms with Crippen molar-refractivity contribution in [2.45, 2.75) is 47.6 Å². The van der Waals surface area contributed by atoms with Gasteiger partial charge in [0.2, 0.25) is 0 Å². The molecular formula is C17H26N4O. The monoisotopic (exact) mass is 302 g/mol.